The first-order chi connectivity index (χ1) is 8.88. The summed E-state index contributed by atoms with van der Waals surface area (Å²) >= 11 is 0. The minimum Gasteiger partial charge on any atom is -0.507 e. The zero-order valence-corrected chi connectivity index (χ0v) is 11.3. The number of carbonyl (C=O) groups is 1. The number of oxime groups is 1. The lowest BCUT2D eigenvalue weighted by Gasteiger charge is -2.25. The number of amidine groups is 1. The fourth-order valence-corrected chi connectivity index (χ4v) is 1.70. The van der Waals surface area contributed by atoms with Gasteiger partial charge in [0.15, 0.2) is 0 Å². The maximum atomic E-state index is 12.3. The van der Waals surface area contributed by atoms with Gasteiger partial charge in [0, 0.05) is 19.5 Å². The van der Waals surface area contributed by atoms with Crippen LogP contribution in [0.15, 0.2) is 23.4 Å². The highest BCUT2D eigenvalue weighted by molar-refractivity contribution is 5.97. The molecular weight excluding hydrogens is 246 g/mol. The van der Waals surface area contributed by atoms with Crippen LogP contribution >= 0.6 is 0 Å². The zero-order valence-electron chi connectivity index (χ0n) is 11.3. The second-order valence-electron chi connectivity index (χ2n) is 4.53. The van der Waals surface area contributed by atoms with E-state index in [1.165, 1.54) is 4.90 Å². The summed E-state index contributed by atoms with van der Waals surface area (Å²) in [4.78, 5) is 13.7. The average Bonchev–Trinajstić information content (AvgIpc) is 2.39. The van der Waals surface area contributed by atoms with Crippen LogP contribution in [-0.2, 0) is 0 Å². The molecule has 0 radical (unpaired) electrons. The van der Waals surface area contributed by atoms with E-state index in [9.17, 15) is 9.90 Å². The summed E-state index contributed by atoms with van der Waals surface area (Å²) in [7, 11) is 1.61. The van der Waals surface area contributed by atoms with Crippen molar-refractivity contribution in [2.24, 2.45) is 10.9 Å². The second-order valence-corrected chi connectivity index (χ2v) is 4.53. The summed E-state index contributed by atoms with van der Waals surface area (Å²) in [6.45, 7) is 3.51. The monoisotopic (exact) mass is 265 g/mol. The van der Waals surface area contributed by atoms with Crippen LogP contribution in [0, 0.1) is 6.92 Å². The lowest BCUT2D eigenvalue weighted by Crippen LogP contribution is -2.37. The molecule has 0 aliphatic carbocycles. The number of carbonyl (C=O) groups excluding carboxylic acids is 1. The van der Waals surface area contributed by atoms with Gasteiger partial charge in [0.1, 0.15) is 11.6 Å². The summed E-state index contributed by atoms with van der Waals surface area (Å²) in [5.41, 5.74) is 6.30. The molecule has 0 bridgehead atoms. The number of phenols is 1. The quantitative estimate of drug-likeness (QED) is 0.330. The highest BCUT2D eigenvalue weighted by Crippen LogP contribution is 2.23. The molecule has 0 aromatic heterocycles. The predicted molar refractivity (Wildman–Crippen MR) is 72.4 cm³/mol. The Morgan fingerprint density at radius 2 is 2.16 bits per heavy atom. The Hall–Kier alpha value is -2.24. The van der Waals surface area contributed by atoms with E-state index in [0.29, 0.717) is 5.56 Å². The molecule has 0 saturated heterocycles. The van der Waals surface area contributed by atoms with E-state index in [-0.39, 0.29) is 35.5 Å². The maximum absolute atomic E-state index is 12.3. The largest absolute Gasteiger partial charge is 0.507 e. The van der Waals surface area contributed by atoms with Gasteiger partial charge in [-0.25, -0.2) is 0 Å². The van der Waals surface area contributed by atoms with Crippen LogP contribution in [0.25, 0.3) is 0 Å². The van der Waals surface area contributed by atoms with Crippen molar-refractivity contribution in [2.45, 2.75) is 26.3 Å². The molecule has 6 heteroatoms. The standard InChI is InChI=1S/C13H19N3O3/c1-8-5-4-6-10(12(8)17)13(18)16(3)9(2)7-11(14)15-19/h4-6,9,17,19H,7H2,1-3H3,(H2,14,15). The lowest BCUT2D eigenvalue weighted by molar-refractivity contribution is 0.0744. The number of aromatic hydroxyl groups is 1. The molecule has 1 atom stereocenters. The molecule has 1 aromatic carbocycles. The van der Waals surface area contributed by atoms with Crippen LogP contribution in [0.4, 0.5) is 0 Å². The fraction of sp³-hybridized carbons (Fsp3) is 0.385. The van der Waals surface area contributed by atoms with Gasteiger partial charge in [-0.05, 0) is 25.5 Å². The normalized spacial score (nSPS) is 13.1. The molecule has 1 rings (SSSR count). The Morgan fingerprint density at radius 3 is 2.74 bits per heavy atom. The third kappa shape index (κ3) is 3.37. The van der Waals surface area contributed by atoms with Crippen LogP contribution in [0.2, 0.25) is 0 Å². The smallest absolute Gasteiger partial charge is 0.257 e. The molecule has 4 N–H and O–H groups in total. The van der Waals surface area contributed by atoms with Gasteiger partial charge in [-0.1, -0.05) is 17.3 Å². The Kier molecular flexibility index (Phi) is 4.74. The Balaban J connectivity index is 2.90. The molecular formula is C13H19N3O3. The van der Waals surface area contributed by atoms with E-state index in [1.54, 1.807) is 39.1 Å². The third-order valence-corrected chi connectivity index (χ3v) is 3.08. The second kappa shape index (κ2) is 6.08. The third-order valence-electron chi connectivity index (χ3n) is 3.08. The van der Waals surface area contributed by atoms with Gasteiger partial charge < -0.3 is 20.9 Å². The molecule has 0 fully saturated rings. The number of nitrogens with two attached hydrogens (primary N) is 1. The highest BCUT2D eigenvalue weighted by Gasteiger charge is 2.21. The van der Waals surface area contributed by atoms with Gasteiger partial charge >= 0.3 is 0 Å². The van der Waals surface area contributed by atoms with Gasteiger partial charge in [-0.2, -0.15) is 0 Å². The van der Waals surface area contributed by atoms with Gasteiger partial charge in [0.25, 0.3) is 5.91 Å². The fourth-order valence-electron chi connectivity index (χ4n) is 1.70. The van der Waals surface area contributed by atoms with Crippen molar-refractivity contribution < 1.29 is 15.1 Å². The summed E-state index contributed by atoms with van der Waals surface area (Å²) in [6.07, 6.45) is 0.255. The van der Waals surface area contributed by atoms with Crippen LogP contribution in [-0.4, -0.2) is 40.0 Å². The molecule has 19 heavy (non-hydrogen) atoms. The number of aryl methyl sites for hydroxylation is 1. The molecule has 1 amide bonds. The molecule has 104 valence electrons. The molecule has 6 nitrogen and oxygen atoms in total. The van der Waals surface area contributed by atoms with E-state index < -0.39 is 0 Å². The van der Waals surface area contributed by atoms with Crippen molar-refractivity contribution in [1.82, 2.24) is 4.90 Å². The Bertz CT molecular complexity index is 500. The maximum Gasteiger partial charge on any atom is 0.257 e. The number of hydrogen-bond donors (Lipinski definition) is 3. The van der Waals surface area contributed by atoms with Gasteiger partial charge in [-0.3, -0.25) is 4.79 Å². The first-order valence-electron chi connectivity index (χ1n) is 5.90. The summed E-state index contributed by atoms with van der Waals surface area (Å²) < 4.78 is 0. The van der Waals surface area contributed by atoms with E-state index in [0.717, 1.165) is 0 Å². The van der Waals surface area contributed by atoms with Crippen molar-refractivity contribution >= 4 is 11.7 Å². The molecule has 0 aliphatic rings. The summed E-state index contributed by atoms with van der Waals surface area (Å²) in [5.74, 6) is -0.268. The van der Waals surface area contributed by atoms with Gasteiger partial charge in [0.2, 0.25) is 0 Å². The minimum atomic E-state index is -0.306. The summed E-state index contributed by atoms with van der Waals surface area (Å²) in [6, 6.07) is 4.76. The van der Waals surface area contributed by atoms with Crippen LogP contribution in [0.1, 0.15) is 29.3 Å². The van der Waals surface area contributed by atoms with Crippen molar-refractivity contribution in [1.29, 1.82) is 0 Å². The minimum absolute atomic E-state index is 0.0182. The van der Waals surface area contributed by atoms with Gasteiger partial charge in [-0.15, -0.1) is 0 Å². The van der Waals surface area contributed by atoms with Crippen molar-refractivity contribution in [3.63, 3.8) is 0 Å². The average molecular weight is 265 g/mol. The van der Waals surface area contributed by atoms with Crippen molar-refractivity contribution in [2.75, 3.05) is 7.05 Å². The van der Waals surface area contributed by atoms with Crippen LogP contribution in [0.3, 0.4) is 0 Å². The predicted octanol–water partition coefficient (Wildman–Crippen LogP) is 1.30. The Morgan fingerprint density at radius 1 is 1.53 bits per heavy atom. The van der Waals surface area contributed by atoms with Crippen LogP contribution in [0.5, 0.6) is 5.75 Å². The topological polar surface area (TPSA) is 99.2 Å². The number of nitrogens with zero attached hydrogens (tertiary/aromatic N) is 2. The first-order valence-corrected chi connectivity index (χ1v) is 5.90. The van der Waals surface area contributed by atoms with E-state index in [2.05, 4.69) is 5.16 Å². The number of amides is 1. The molecule has 1 aromatic rings. The van der Waals surface area contributed by atoms with E-state index in [4.69, 9.17) is 10.9 Å². The number of hydrogen-bond acceptors (Lipinski definition) is 4. The van der Waals surface area contributed by atoms with Crippen molar-refractivity contribution in [3.05, 3.63) is 29.3 Å². The molecule has 0 saturated carbocycles. The molecule has 0 heterocycles. The molecule has 0 spiro atoms. The summed E-state index contributed by atoms with van der Waals surface area (Å²) in [5, 5.41) is 21.3. The van der Waals surface area contributed by atoms with E-state index >= 15 is 0 Å². The number of benzene rings is 1. The van der Waals surface area contributed by atoms with Crippen molar-refractivity contribution in [3.8, 4) is 5.75 Å². The lowest BCUT2D eigenvalue weighted by atomic mass is 10.1. The molecule has 0 aliphatic heterocycles. The number of para-hydroxylation sites is 1. The zero-order chi connectivity index (χ0) is 14.6. The van der Waals surface area contributed by atoms with Crippen LogP contribution < -0.4 is 5.73 Å². The first kappa shape index (κ1) is 14.8. The van der Waals surface area contributed by atoms with E-state index in [1.807, 2.05) is 0 Å². The SMILES string of the molecule is Cc1cccc(C(=O)N(C)C(C)CC(N)=NO)c1O. The Labute approximate surface area is 112 Å². The number of rotatable bonds is 4. The number of phenolic OH excluding ortho intramolecular Hbond substituents is 1. The molecule has 1 unspecified atom stereocenters. The highest BCUT2D eigenvalue weighted by atomic mass is 16.4. The van der Waals surface area contributed by atoms with Gasteiger partial charge in [0.05, 0.1) is 5.56 Å².